The Kier molecular flexibility index (Phi) is 6.79. The number of nitrogens with zero attached hydrogens (tertiary/aromatic N) is 2. The van der Waals surface area contributed by atoms with E-state index in [4.69, 9.17) is 9.47 Å². The highest BCUT2D eigenvalue weighted by atomic mass is 32.1. The summed E-state index contributed by atoms with van der Waals surface area (Å²) in [7, 11) is 1.22. The summed E-state index contributed by atoms with van der Waals surface area (Å²) in [6.45, 7) is -1.95. The molecule has 0 N–H and O–H groups in total. The lowest BCUT2D eigenvalue weighted by atomic mass is 10.1. The largest absolute Gasteiger partial charge is 0.493 e. The average molecular weight is 396 g/mol. The molecule has 0 bridgehead atoms. The molecule has 0 aliphatic carbocycles. The van der Waals surface area contributed by atoms with Crippen molar-refractivity contribution in [3.05, 3.63) is 39.8 Å². The number of benzene rings is 1. The van der Waals surface area contributed by atoms with Crippen molar-refractivity contribution in [2.75, 3.05) is 13.7 Å². The molecule has 7 nitrogen and oxygen atoms in total. The molecule has 2 rings (SSSR count). The van der Waals surface area contributed by atoms with E-state index in [1.807, 2.05) is 6.07 Å². The first-order chi connectivity index (χ1) is 12.8. The fourth-order valence-electron chi connectivity index (χ4n) is 2.06. The van der Waals surface area contributed by atoms with E-state index in [1.165, 1.54) is 24.5 Å². The zero-order chi connectivity index (χ0) is 20.0. The number of rotatable bonds is 8. The Hall–Kier alpha value is -3.06. The SMILES string of the molecule is COc1cc(C(=O)OCC(=O)C(C#N)c2nc(C)cs2)ccc1OC(F)F. The number of alkyl halides is 2. The van der Waals surface area contributed by atoms with Crippen LogP contribution in [-0.4, -0.2) is 37.1 Å². The molecule has 2 aromatic rings. The Bertz CT molecular complexity index is 878. The van der Waals surface area contributed by atoms with Crippen molar-refractivity contribution >= 4 is 23.1 Å². The van der Waals surface area contributed by atoms with E-state index in [2.05, 4.69) is 9.72 Å². The van der Waals surface area contributed by atoms with Crippen molar-refractivity contribution in [2.45, 2.75) is 19.5 Å². The number of aryl methyl sites for hydroxylation is 1. The van der Waals surface area contributed by atoms with Crippen molar-refractivity contribution < 1.29 is 32.6 Å². The van der Waals surface area contributed by atoms with E-state index in [-0.39, 0.29) is 17.1 Å². The van der Waals surface area contributed by atoms with Gasteiger partial charge in [-0.15, -0.1) is 11.3 Å². The van der Waals surface area contributed by atoms with E-state index in [0.29, 0.717) is 10.7 Å². The summed E-state index contributed by atoms with van der Waals surface area (Å²) in [5.41, 5.74) is 0.651. The third-order valence-corrected chi connectivity index (χ3v) is 4.32. The number of ether oxygens (including phenoxy) is 3. The molecule has 0 fully saturated rings. The number of halogens is 2. The molecule has 0 saturated heterocycles. The third-order valence-electron chi connectivity index (χ3n) is 3.30. The number of hydrogen-bond acceptors (Lipinski definition) is 8. The number of carbonyl (C=O) groups is 2. The molecule has 27 heavy (non-hydrogen) atoms. The molecule has 0 amide bonds. The molecular weight excluding hydrogens is 382 g/mol. The molecule has 10 heteroatoms. The maximum absolute atomic E-state index is 12.3. The normalized spacial score (nSPS) is 11.6. The molecule has 1 heterocycles. The maximum atomic E-state index is 12.3. The standard InChI is InChI=1S/C17H14F2N2O5S/c1-9-8-27-15(21-9)11(6-20)12(22)7-25-16(23)10-3-4-13(26-17(18)19)14(5-10)24-2/h3-5,8,11,17H,7H2,1-2H3. The number of Topliss-reactive ketones (excluding diaryl/α,β-unsaturated/α-hetero) is 1. The monoisotopic (exact) mass is 396 g/mol. The molecule has 0 saturated carbocycles. The Balaban J connectivity index is 2.04. The lowest BCUT2D eigenvalue weighted by molar-refractivity contribution is -0.122. The maximum Gasteiger partial charge on any atom is 0.387 e. The van der Waals surface area contributed by atoms with Gasteiger partial charge in [0.2, 0.25) is 0 Å². The van der Waals surface area contributed by atoms with E-state index < -0.39 is 30.9 Å². The first-order valence-electron chi connectivity index (χ1n) is 7.50. The summed E-state index contributed by atoms with van der Waals surface area (Å²) >= 11 is 1.17. The van der Waals surface area contributed by atoms with Crippen LogP contribution in [0.25, 0.3) is 0 Å². The zero-order valence-electron chi connectivity index (χ0n) is 14.3. The van der Waals surface area contributed by atoms with Gasteiger partial charge in [-0.05, 0) is 25.1 Å². The predicted octanol–water partition coefficient (Wildman–Crippen LogP) is 3.09. The number of carbonyl (C=O) groups excluding carboxylic acids is 2. The van der Waals surface area contributed by atoms with E-state index in [1.54, 1.807) is 12.3 Å². The van der Waals surface area contributed by atoms with Crippen LogP contribution in [0.2, 0.25) is 0 Å². The van der Waals surface area contributed by atoms with E-state index in [0.717, 1.165) is 12.1 Å². The fraction of sp³-hybridized carbons (Fsp3) is 0.294. The van der Waals surface area contributed by atoms with Crippen LogP contribution in [0, 0.1) is 18.3 Å². The smallest absolute Gasteiger partial charge is 0.387 e. The van der Waals surface area contributed by atoms with Gasteiger partial charge in [0.15, 0.2) is 29.8 Å². The molecule has 0 aliphatic rings. The molecule has 1 unspecified atom stereocenters. The molecular formula is C17H14F2N2O5S. The van der Waals surface area contributed by atoms with Crippen LogP contribution in [0.5, 0.6) is 11.5 Å². The molecule has 142 valence electrons. The Labute approximate surface area is 157 Å². The fourth-order valence-corrected chi connectivity index (χ4v) is 2.92. The van der Waals surface area contributed by atoms with Crippen molar-refractivity contribution in [3.8, 4) is 17.6 Å². The highest BCUT2D eigenvalue weighted by molar-refractivity contribution is 7.09. The quantitative estimate of drug-likeness (QED) is 0.632. The Morgan fingerprint density at radius 3 is 2.63 bits per heavy atom. The van der Waals surface area contributed by atoms with Crippen LogP contribution in [0.3, 0.4) is 0 Å². The van der Waals surface area contributed by atoms with E-state index in [9.17, 15) is 23.6 Å². The topological polar surface area (TPSA) is 98.5 Å². The van der Waals surface area contributed by atoms with Gasteiger partial charge >= 0.3 is 12.6 Å². The second kappa shape index (κ2) is 9.05. The second-order valence-corrected chi connectivity index (χ2v) is 6.07. The average Bonchev–Trinajstić information content (AvgIpc) is 3.06. The van der Waals surface area contributed by atoms with Gasteiger partial charge in [-0.1, -0.05) is 0 Å². The first kappa shape index (κ1) is 20.3. The Morgan fingerprint density at radius 2 is 2.07 bits per heavy atom. The second-order valence-electron chi connectivity index (χ2n) is 5.18. The van der Waals surface area contributed by atoms with Crippen molar-refractivity contribution in [1.82, 2.24) is 4.98 Å². The highest BCUT2D eigenvalue weighted by Gasteiger charge is 2.25. The van der Waals surface area contributed by atoms with Crippen LogP contribution in [0.4, 0.5) is 8.78 Å². The van der Waals surface area contributed by atoms with Crippen LogP contribution < -0.4 is 9.47 Å². The molecule has 1 atom stereocenters. The molecule has 0 radical (unpaired) electrons. The van der Waals surface area contributed by atoms with Gasteiger partial charge in [-0.3, -0.25) is 4.79 Å². The Morgan fingerprint density at radius 1 is 1.33 bits per heavy atom. The number of methoxy groups -OCH3 is 1. The number of thiazole rings is 1. The molecule has 1 aromatic heterocycles. The highest BCUT2D eigenvalue weighted by Crippen LogP contribution is 2.29. The number of hydrogen-bond donors (Lipinski definition) is 0. The van der Waals surface area contributed by atoms with Crippen LogP contribution in [-0.2, 0) is 9.53 Å². The molecule has 0 spiro atoms. The van der Waals surface area contributed by atoms with Crippen molar-refractivity contribution in [2.24, 2.45) is 0 Å². The summed E-state index contributed by atoms with van der Waals surface area (Å²) in [6, 6.07) is 5.31. The minimum absolute atomic E-state index is 0.0279. The van der Waals surface area contributed by atoms with Gasteiger partial charge in [0.1, 0.15) is 5.01 Å². The summed E-state index contributed by atoms with van der Waals surface area (Å²) in [6.07, 6.45) is 0. The number of esters is 1. The lowest BCUT2D eigenvalue weighted by Gasteiger charge is -2.11. The number of ketones is 1. The number of aromatic nitrogens is 1. The van der Waals surface area contributed by atoms with Crippen molar-refractivity contribution in [3.63, 3.8) is 0 Å². The van der Waals surface area contributed by atoms with Gasteiger partial charge < -0.3 is 14.2 Å². The summed E-state index contributed by atoms with van der Waals surface area (Å²) < 4.78 is 38.7. The van der Waals surface area contributed by atoms with Crippen LogP contribution >= 0.6 is 11.3 Å². The van der Waals surface area contributed by atoms with E-state index >= 15 is 0 Å². The summed E-state index contributed by atoms with van der Waals surface area (Å²) in [4.78, 5) is 28.3. The zero-order valence-corrected chi connectivity index (χ0v) is 15.1. The van der Waals surface area contributed by atoms with Gasteiger partial charge in [0, 0.05) is 11.1 Å². The predicted molar refractivity (Wildman–Crippen MR) is 90.1 cm³/mol. The van der Waals surface area contributed by atoms with Gasteiger partial charge in [-0.2, -0.15) is 14.0 Å². The number of nitriles is 1. The lowest BCUT2D eigenvalue weighted by Crippen LogP contribution is -2.20. The van der Waals surface area contributed by atoms with Gasteiger partial charge in [0.25, 0.3) is 0 Å². The summed E-state index contributed by atoms with van der Waals surface area (Å²) in [5, 5.41) is 11.2. The van der Waals surface area contributed by atoms with Gasteiger partial charge in [0.05, 0.1) is 18.7 Å². The minimum Gasteiger partial charge on any atom is -0.493 e. The third kappa shape index (κ3) is 5.21. The van der Waals surface area contributed by atoms with Crippen LogP contribution in [0.1, 0.15) is 27.0 Å². The minimum atomic E-state index is -3.05. The van der Waals surface area contributed by atoms with Crippen molar-refractivity contribution in [1.29, 1.82) is 5.26 Å². The van der Waals surface area contributed by atoms with Gasteiger partial charge in [-0.25, -0.2) is 9.78 Å². The first-order valence-corrected chi connectivity index (χ1v) is 8.38. The van der Waals surface area contributed by atoms with Crippen LogP contribution in [0.15, 0.2) is 23.6 Å². The molecule has 0 aliphatic heterocycles. The molecule has 1 aromatic carbocycles. The summed E-state index contributed by atoms with van der Waals surface area (Å²) in [5.74, 6) is -2.97.